The highest BCUT2D eigenvalue weighted by Crippen LogP contribution is 2.42. The Morgan fingerprint density at radius 3 is 2.52 bits per heavy atom. The molecule has 1 saturated carbocycles. The minimum Gasteiger partial charge on any atom is -0.337 e. The molecule has 23 heavy (non-hydrogen) atoms. The highest BCUT2D eigenvalue weighted by atomic mass is 35.5. The lowest BCUT2D eigenvalue weighted by Crippen LogP contribution is -2.37. The zero-order valence-electron chi connectivity index (χ0n) is 14.1. The Bertz CT molecular complexity index is 615. The van der Waals surface area contributed by atoms with E-state index in [0.717, 1.165) is 19.0 Å². The molecule has 2 fully saturated rings. The molecule has 2 aliphatic rings. The van der Waals surface area contributed by atoms with Gasteiger partial charge in [-0.25, -0.2) is 0 Å². The smallest absolute Gasteiger partial charge is 0.254 e. The van der Waals surface area contributed by atoms with Crippen molar-refractivity contribution in [2.45, 2.75) is 32.4 Å². The number of halogens is 1. The summed E-state index contributed by atoms with van der Waals surface area (Å²) in [6, 6.07) is 3.68. The van der Waals surface area contributed by atoms with E-state index < -0.39 is 0 Å². The van der Waals surface area contributed by atoms with Gasteiger partial charge in [0.1, 0.15) is 0 Å². The van der Waals surface area contributed by atoms with Crippen LogP contribution in [-0.4, -0.2) is 53.5 Å². The molecule has 2 heterocycles. The summed E-state index contributed by atoms with van der Waals surface area (Å²) in [4.78, 5) is 28.8. The van der Waals surface area contributed by atoms with Gasteiger partial charge >= 0.3 is 0 Å². The first kappa shape index (κ1) is 18.0. The summed E-state index contributed by atoms with van der Waals surface area (Å²) in [6.45, 7) is 4.14. The molecule has 0 spiro atoms. The van der Waals surface area contributed by atoms with E-state index in [2.05, 4.69) is 19.0 Å². The number of hydrogen-bond donors (Lipinski definition) is 0. The lowest BCUT2D eigenvalue weighted by Gasteiger charge is -2.24. The van der Waals surface area contributed by atoms with Crippen molar-refractivity contribution in [3.63, 3.8) is 0 Å². The van der Waals surface area contributed by atoms with Gasteiger partial charge in [-0.2, -0.15) is 0 Å². The van der Waals surface area contributed by atoms with Gasteiger partial charge in [-0.15, -0.1) is 12.4 Å². The number of carbonyl (C=O) groups is 1. The van der Waals surface area contributed by atoms with Crippen LogP contribution in [0.15, 0.2) is 23.1 Å². The second-order valence-electron chi connectivity index (χ2n) is 6.78. The van der Waals surface area contributed by atoms with Crippen LogP contribution in [0.25, 0.3) is 0 Å². The molecule has 0 unspecified atom stereocenters. The normalized spacial score (nSPS) is 23.9. The third-order valence-corrected chi connectivity index (χ3v) is 5.09. The number of likely N-dealkylation sites (tertiary alicyclic amines) is 1. The number of amides is 1. The molecule has 128 valence electrons. The average Bonchev–Trinajstić information content (AvgIpc) is 3.24. The van der Waals surface area contributed by atoms with Crippen LogP contribution in [0.4, 0.5) is 0 Å². The maximum absolute atomic E-state index is 12.7. The van der Waals surface area contributed by atoms with Gasteiger partial charge in [0.15, 0.2) is 0 Å². The fourth-order valence-electron chi connectivity index (χ4n) is 3.60. The molecule has 1 saturated heterocycles. The van der Waals surface area contributed by atoms with Crippen molar-refractivity contribution in [3.8, 4) is 0 Å². The summed E-state index contributed by atoms with van der Waals surface area (Å²) >= 11 is 0. The second-order valence-corrected chi connectivity index (χ2v) is 6.78. The molecular formula is C17H26ClN3O2. The quantitative estimate of drug-likeness (QED) is 0.838. The van der Waals surface area contributed by atoms with E-state index in [0.29, 0.717) is 24.1 Å². The second kappa shape index (κ2) is 7.05. The van der Waals surface area contributed by atoms with Crippen LogP contribution in [-0.2, 0) is 6.54 Å². The first-order valence-corrected chi connectivity index (χ1v) is 8.17. The Morgan fingerprint density at radius 2 is 2.00 bits per heavy atom. The van der Waals surface area contributed by atoms with Crippen LogP contribution >= 0.6 is 12.4 Å². The van der Waals surface area contributed by atoms with Gasteiger partial charge in [0, 0.05) is 43.5 Å². The van der Waals surface area contributed by atoms with Crippen LogP contribution in [0, 0.1) is 11.8 Å². The average molecular weight is 340 g/mol. The summed E-state index contributed by atoms with van der Waals surface area (Å²) in [5.41, 5.74) is 0.416. The number of likely N-dealkylation sites (N-methyl/N-ethyl adjacent to an activating group) is 1. The fourth-order valence-corrected chi connectivity index (χ4v) is 3.60. The maximum Gasteiger partial charge on any atom is 0.254 e. The molecule has 1 amide bonds. The Morgan fingerprint density at radius 1 is 1.30 bits per heavy atom. The predicted octanol–water partition coefficient (Wildman–Crippen LogP) is 1.70. The molecule has 0 aromatic carbocycles. The molecule has 5 nitrogen and oxygen atoms in total. The number of aryl methyl sites for hydroxylation is 1. The van der Waals surface area contributed by atoms with Gasteiger partial charge in [-0.05, 0) is 51.8 Å². The SMILES string of the molecule is CCn1ccc(C(=O)N2C[C@H](C3CC3)[C@@H](N(C)C)C2)cc1=O.Cl. The molecule has 1 aromatic rings. The number of rotatable bonds is 4. The van der Waals surface area contributed by atoms with Crippen molar-refractivity contribution in [3.05, 3.63) is 34.2 Å². The zero-order valence-corrected chi connectivity index (χ0v) is 14.9. The van der Waals surface area contributed by atoms with Gasteiger partial charge in [-0.3, -0.25) is 9.59 Å². The van der Waals surface area contributed by atoms with E-state index in [4.69, 9.17) is 0 Å². The largest absolute Gasteiger partial charge is 0.337 e. The van der Waals surface area contributed by atoms with Crippen LogP contribution < -0.4 is 5.56 Å². The number of pyridine rings is 1. The van der Waals surface area contributed by atoms with Gasteiger partial charge in [0.2, 0.25) is 0 Å². The first-order chi connectivity index (χ1) is 10.5. The first-order valence-electron chi connectivity index (χ1n) is 8.17. The molecule has 1 aromatic heterocycles. The van der Waals surface area contributed by atoms with Gasteiger partial charge < -0.3 is 14.4 Å². The topological polar surface area (TPSA) is 45.6 Å². The maximum atomic E-state index is 12.7. The summed E-state index contributed by atoms with van der Waals surface area (Å²) in [5.74, 6) is 1.35. The summed E-state index contributed by atoms with van der Waals surface area (Å²) in [7, 11) is 4.19. The molecule has 6 heteroatoms. The Kier molecular flexibility index (Phi) is 5.53. The number of hydrogen-bond acceptors (Lipinski definition) is 3. The van der Waals surface area contributed by atoms with Crippen LogP contribution in [0.3, 0.4) is 0 Å². The molecule has 3 rings (SSSR count). The third kappa shape index (κ3) is 3.61. The van der Waals surface area contributed by atoms with Crippen molar-refractivity contribution >= 4 is 18.3 Å². The minimum atomic E-state index is -0.101. The van der Waals surface area contributed by atoms with Crippen molar-refractivity contribution < 1.29 is 4.79 Å². The molecule has 1 aliphatic heterocycles. The van der Waals surface area contributed by atoms with E-state index in [9.17, 15) is 9.59 Å². The highest BCUT2D eigenvalue weighted by molar-refractivity contribution is 5.94. The predicted molar refractivity (Wildman–Crippen MR) is 93.2 cm³/mol. The number of aromatic nitrogens is 1. The van der Waals surface area contributed by atoms with E-state index in [1.807, 2.05) is 11.8 Å². The standard InChI is InChI=1S/C17H25N3O2.ClH/c1-4-19-8-7-13(9-16(19)21)17(22)20-10-14(12-5-6-12)15(11-20)18(2)3;/h7-9,12,14-15H,4-6,10-11H2,1-3H3;1H/t14-,15+;/m1./s1. The lowest BCUT2D eigenvalue weighted by molar-refractivity contribution is 0.0780. The van der Waals surface area contributed by atoms with E-state index >= 15 is 0 Å². The Hall–Kier alpha value is -1.33. The zero-order chi connectivity index (χ0) is 15.9. The summed E-state index contributed by atoms with van der Waals surface area (Å²) < 4.78 is 1.61. The molecule has 0 radical (unpaired) electrons. The number of nitrogens with zero attached hydrogens (tertiary/aromatic N) is 3. The Labute approximate surface area is 143 Å². The third-order valence-electron chi connectivity index (χ3n) is 5.09. The number of carbonyl (C=O) groups excluding carboxylic acids is 1. The van der Waals surface area contributed by atoms with Crippen LogP contribution in [0.1, 0.15) is 30.1 Å². The van der Waals surface area contributed by atoms with E-state index in [1.54, 1.807) is 16.8 Å². The van der Waals surface area contributed by atoms with Crippen molar-refractivity contribution in [2.24, 2.45) is 11.8 Å². The van der Waals surface area contributed by atoms with Crippen molar-refractivity contribution in [2.75, 3.05) is 27.2 Å². The molecule has 0 bridgehead atoms. The minimum absolute atomic E-state index is 0. The van der Waals surface area contributed by atoms with E-state index in [-0.39, 0.29) is 23.9 Å². The summed E-state index contributed by atoms with van der Waals surface area (Å²) in [6.07, 6.45) is 4.31. The van der Waals surface area contributed by atoms with Crippen LogP contribution in [0.2, 0.25) is 0 Å². The van der Waals surface area contributed by atoms with Crippen molar-refractivity contribution in [1.82, 2.24) is 14.4 Å². The lowest BCUT2D eigenvalue weighted by atomic mass is 9.97. The molecule has 1 aliphatic carbocycles. The highest BCUT2D eigenvalue weighted by Gasteiger charge is 2.44. The van der Waals surface area contributed by atoms with Gasteiger partial charge in [0.05, 0.1) is 0 Å². The van der Waals surface area contributed by atoms with Crippen molar-refractivity contribution in [1.29, 1.82) is 0 Å². The van der Waals surface area contributed by atoms with E-state index in [1.165, 1.54) is 18.9 Å². The van der Waals surface area contributed by atoms with Gasteiger partial charge in [0.25, 0.3) is 11.5 Å². The Balaban J connectivity index is 0.00000192. The molecule has 2 atom stereocenters. The fraction of sp³-hybridized carbons (Fsp3) is 0.647. The van der Waals surface area contributed by atoms with Crippen LogP contribution in [0.5, 0.6) is 0 Å². The molecular weight excluding hydrogens is 314 g/mol. The monoisotopic (exact) mass is 339 g/mol. The summed E-state index contributed by atoms with van der Waals surface area (Å²) in [5, 5.41) is 0. The van der Waals surface area contributed by atoms with Gasteiger partial charge in [-0.1, -0.05) is 0 Å². The molecule has 0 N–H and O–H groups in total.